The van der Waals surface area contributed by atoms with Crippen molar-refractivity contribution in [3.63, 3.8) is 0 Å². The van der Waals surface area contributed by atoms with E-state index in [9.17, 15) is 9.59 Å². The molecular formula is C26H29N5O2. The Bertz CT molecular complexity index is 1300. The monoisotopic (exact) mass is 443 g/mol. The Morgan fingerprint density at radius 1 is 1.09 bits per heavy atom. The van der Waals surface area contributed by atoms with Gasteiger partial charge in [-0.2, -0.15) is 5.10 Å². The molecule has 0 bridgehead atoms. The van der Waals surface area contributed by atoms with E-state index in [0.717, 1.165) is 34.1 Å². The summed E-state index contributed by atoms with van der Waals surface area (Å²) in [5.74, 6) is -0.350. The van der Waals surface area contributed by atoms with Crippen LogP contribution in [0.2, 0.25) is 0 Å². The number of H-pyrrole nitrogens is 1. The highest BCUT2D eigenvalue weighted by atomic mass is 16.2. The van der Waals surface area contributed by atoms with E-state index < -0.39 is 0 Å². The van der Waals surface area contributed by atoms with Crippen LogP contribution in [-0.2, 0) is 6.54 Å². The molecule has 1 atom stereocenters. The highest BCUT2D eigenvalue weighted by molar-refractivity contribution is 5.92. The van der Waals surface area contributed by atoms with Gasteiger partial charge in [-0.05, 0) is 41.8 Å². The molecule has 7 heteroatoms. The van der Waals surface area contributed by atoms with Crippen molar-refractivity contribution in [1.29, 1.82) is 0 Å². The number of para-hydroxylation sites is 1. The first-order valence-electron chi connectivity index (χ1n) is 11.2. The lowest BCUT2D eigenvalue weighted by Crippen LogP contribution is -2.32. The molecule has 7 nitrogen and oxygen atoms in total. The molecule has 1 unspecified atom stereocenters. The summed E-state index contributed by atoms with van der Waals surface area (Å²) in [6.45, 7) is 2.85. The fourth-order valence-corrected chi connectivity index (χ4v) is 4.02. The van der Waals surface area contributed by atoms with Crippen LogP contribution in [0.15, 0.2) is 71.7 Å². The third-order valence-electron chi connectivity index (χ3n) is 5.81. The predicted molar refractivity (Wildman–Crippen MR) is 132 cm³/mol. The third kappa shape index (κ3) is 4.82. The largest absolute Gasteiger partial charge is 0.378 e. The summed E-state index contributed by atoms with van der Waals surface area (Å²) in [7, 11) is 4.02. The highest BCUT2D eigenvalue weighted by Gasteiger charge is 2.20. The Morgan fingerprint density at radius 3 is 2.58 bits per heavy atom. The molecule has 2 aromatic carbocycles. The number of benzene rings is 2. The van der Waals surface area contributed by atoms with Crippen molar-refractivity contribution in [2.45, 2.75) is 25.8 Å². The molecule has 170 valence electrons. The summed E-state index contributed by atoms with van der Waals surface area (Å²) in [5, 5.41) is 8.40. The fraction of sp³-hybridized carbons (Fsp3) is 0.269. The second-order valence-electron chi connectivity index (χ2n) is 8.32. The SMILES string of the molecule is CCCn1nc(C(=O)NCC(c2ccc(N(C)C)cc2)c2c[nH]c3ccccc23)ccc1=O. The van der Waals surface area contributed by atoms with Gasteiger partial charge in [0.05, 0.1) is 0 Å². The van der Waals surface area contributed by atoms with Crippen molar-refractivity contribution in [3.8, 4) is 0 Å². The van der Waals surface area contributed by atoms with E-state index in [1.807, 2.05) is 45.4 Å². The van der Waals surface area contributed by atoms with E-state index in [0.29, 0.717) is 13.1 Å². The molecule has 0 aliphatic rings. The number of aryl methyl sites for hydroxylation is 1. The molecule has 0 saturated carbocycles. The number of hydrogen-bond donors (Lipinski definition) is 2. The zero-order chi connectivity index (χ0) is 23.4. The zero-order valence-corrected chi connectivity index (χ0v) is 19.2. The molecule has 0 aliphatic heterocycles. The fourth-order valence-electron chi connectivity index (χ4n) is 4.02. The second kappa shape index (κ2) is 9.73. The van der Waals surface area contributed by atoms with Crippen molar-refractivity contribution in [2.24, 2.45) is 0 Å². The Labute approximate surface area is 193 Å². The molecule has 2 heterocycles. The van der Waals surface area contributed by atoms with Crippen molar-refractivity contribution in [3.05, 3.63) is 94.0 Å². The van der Waals surface area contributed by atoms with E-state index in [-0.39, 0.29) is 23.1 Å². The Morgan fingerprint density at radius 2 is 1.85 bits per heavy atom. The maximum absolute atomic E-state index is 12.9. The summed E-state index contributed by atoms with van der Waals surface area (Å²) >= 11 is 0. The molecule has 0 spiro atoms. The van der Waals surface area contributed by atoms with Crippen LogP contribution < -0.4 is 15.8 Å². The lowest BCUT2D eigenvalue weighted by molar-refractivity contribution is 0.0945. The minimum atomic E-state index is -0.297. The van der Waals surface area contributed by atoms with Gasteiger partial charge in [-0.1, -0.05) is 37.3 Å². The number of amides is 1. The van der Waals surface area contributed by atoms with E-state index >= 15 is 0 Å². The van der Waals surface area contributed by atoms with E-state index in [2.05, 4.69) is 50.6 Å². The molecule has 33 heavy (non-hydrogen) atoms. The number of carbonyl (C=O) groups excluding carboxylic acids is 1. The number of rotatable bonds is 8. The molecule has 0 saturated heterocycles. The van der Waals surface area contributed by atoms with Crippen LogP contribution >= 0.6 is 0 Å². The lowest BCUT2D eigenvalue weighted by Gasteiger charge is -2.20. The van der Waals surface area contributed by atoms with Crippen LogP contribution in [0, 0.1) is 0 Å². The molecule has 0 radical (unpaired) electrons. The van der Waals surface area contributed by atoms with E-state index in [1.165, 1.54) is 16.8 Å². The average Bonchev–Trinajstić information content (AvgIpc) is 3.25. The predicted octanol–water partition coefficient (Wildman–Crippen LogP) is 3.76. The maximum atomic E-state index is 12.9. The molecule has 0 aliphatic carbocycles. The minimum absolute atomic E-state index is 0.0529. The van der Waals surface area contributed by atoms with Gasteiger partial charge in [0.1, 0.15) is 5.69 Å². The summed E-state index contributed by atoms with van der Waals surface area (Å²) < 4.78 is 1.34. The number of nitrogens with one attached hydrogen (secondary N) is 2. The Kier molecular flexibility index (Phi) is 6.58. The summed E-state index contributed by atoms with van der Waals surface area (Å²) in [6, 6.07) is 19.4. The number of carbonyl (C=O) groups is 1. The summed E-state index contributed by atoms with van der Waals surface area (Å²) in [5.41, 5.74) is 4.43. The van der Waals surface area contributed by atoms with Gasteiger partial charge in [-0.25, -0.2) is 4.68 Å². The first-order chi connectivity index (χ1) is 16.0. The van der Waals surface area contributed by atoms with Gasteiger partial charge in [0, 0.05) is 62.0 Å². The average molecular weight is 444 g/mol. The smallest absolute Gasteiger partial charge is 0.271 e. The number of nitrogens with zero attached hydrogens (tertiary/aromatic N) is 3. The summed E-state index contributed by atoms with van der Waals surface area (Å²) in [4.78, 5) is 30.3. The van der Waals surface area contributed by atoms with Crippen molar-refractivity contribution in [2.75, 3.05) is 25.5 Å². The van der Waals surface area contributed by atoms with Crippen LogP contribution in [0.25, 0.3) is 10.9 Å². The van der Waals surface area contributed by atoms with Gasteiger partial charge in [-0.3, -0.25) is 9.59 Å². The highest BCUT2D eigenvalue weighted by Crippen LogP contribution is 2.31. The number of hydrogen-bond acceptors (Lipinski definition) is 4. The van der Waals surface area contributed by atoms with Gasteiger partial charge in [0.2, 0.25) is 0 Å². The number of aromatic amines is 1. The van der Waals surface area contributed by atoms with E-state index in [4.69, 9.17) is 0 Å². The Balaban J connectivity index is 1.63. The quantitative estimate of drug-likeness (QED) is 0.434. The first kappa shape index (κ1) is 22.3. The van der Waals surface area contributed by atoms with Gasteiger partial charge in [0.15, 0.2) is 0 Å². The maximum Gasteiger partial charge on any atom is 0.271 e. The lowest BCUT2D eigenvalue weighted by atomic mass is 9.90. The number of aromatic nitrogens is 3. The number of anilines is 1. The van der Waals surface area contributed by atoms with E-state index in [1.54, 1.807) is 0 Å². The third-order valence-corrected chi connectivity index (χ3v) is 5.81. The summed E-state index contributed by atoms with van der Waals surface area (Å²) in [6.07, 6.45) is 2.78. The standard InChI is InChI=1S/C26H29N5O2/c1-4-15-31-25(32)14-13-24(29-31)26(33)28-16-21(18-9-11-19(12-10-18)30(2)3)22-17-27-23-8-6-5-7-20(22)23/h5-14,17,21,27H,4,15-16H2,1-3H3,(H,28,33). The molecule has 1 amide bonds. The zero-order valence-electron chi connectivity index (χ0n) is 19.2. The Hall–Kier alpha value is -3.87. The van der Waals surface area contributed by atoms with Crippen molar-refractivity contribution < 1.29 is 4.79 Å². The molecular weight excluding hydrogens is 414 g/mol. The van der Waals surface area contributed by atoms with Gasteiger partial charge < -0.3 is 15.2 Å². The van der Waals surface area contributed by atoms with Crippen LogP contribution in [0.3, 0.4) is 0 Å². The molecule has 4 rings (SSSR count). The topological polar surface area (TPSA) is 83.0 Å². The van der Waals surface area contributed by atoms with Crippen molar-refractivity contribution in [1.82, 2.24) is 20.1 Å². The van der Waals surface area contributed by atoms with Crippen molar-refractivity contribution >= 4 is 22.5 Å². The molecule has 2 aromatic heterocycles. The van der Waals surface area contributed by atoms with Gasteiger partial charge in [0.25, 0.3) is 11.5 Å². The van der Waals surface area contributed by atoms with Crippen LogP contribution in [0.4, 0.5) is 5.69 Å². The molecule has 0 fully saturated rings. The number of fused-ring (bicyclic) bond motifs is 1. The molecule has 4 aromatic rings. The first-order valence-corrected chi connectivity index (χ1v) is 11.2. The van der Waals surface area contributed by atoms with Crippen LogP contribution in [0.5, 0.6) is 0 Å². The van der Waals surface area contributed by atoms with Gasteiger partial charge >= 0.3 is 0 Å². The minimum Gasteiger partial charge on any atom is -0.378 e. The normalized spacial score (nSPS) is 12.0. The van der Waals surface area contributed by atoms with Crippen LogP contribution in [-0.4, -0.2) is 41.3 Å². The van der Waals surface area contributed by atoms with Crippen LogP contribution in [0.1, 0.15) is 40.9 Å². The second-order valence-corrected chi connectivity index (χ2v) is 8.32. The van der Waals surface area contributed by atoms with Gasteiger partial charge in [-0.15, -0.1) is 0 Å². The molecule has 2 N–H and O–H groups in total.